The molecule has 1 amide bonds. The molecule has 0 radical (unpaired) electrons. The van der Waals surface area contributed by atoms with Gasteiger partial charge in [-0.15, -0.1) is 10.2 Å². The summed E-state index contributed by atoms with van der Waals surface area (Å²) in [7, 11) is 0. The first-order valence-electron chi connectivity index (χ1n) is 9.85. The Morgan fingerprint density at radius 1 is 1.13 bits per heavy atom. The maximum absolute atomic E-state index is 12.9. The van der Waals surface area contributed by atoms with E-state index in [9.17, 15) is 9.59 Å². The van der Waals surface area contributed by atoms with Crippen molar-refractivity contribution in [3.8, 4) is 5.69 Å². The number of aryl methyl sites for hydroxylation is 3. The van der Waals surface area contributed by atoms with E-state index in [2.05, 4.69) is 15.5 Å². The number of hydrogen-bond acceptors (Lipinski definition) is 5. The molecule has 8 nitrogen and oxygen atoms in total. The van der Waals surface area contributed by atoms with Gasteiger partial charge in [-0.1, -0.05) is 6.07 Å². The number of fused-ring (bicyclic) bond motifs is 1. The molecule has 3 heterocycles. The predicted molar refractivity (Wildman–Crippen MR) is 112 cm³/mol. The van der Waals surface area contributed by atoms with Crippen LogP contribution in [0.25, 0.3) is 11.3 Å². The van der Waals surface area contributed by atoms with Gasteiger partial charge in [-0.2, -0.15) is 0 Å². The number of benzene rings is 1. The monoisotopic (exact) mass is 405 g/mol. The van der Waals surface area contributed by atoms with Gasteiger partial charge in [0, 0.05) is 30.9 Å². The topological polar surface area (TPSA) is 94.4 Å². The van der Waals surface area contributed by atoms with Crippen molar-refractivity contribution < 1.29 is 9.21 Å². The molecule has 154 valence electrons. The molecule has 0 aliphatic heterocycles. The van der Waals surface area contributed by atoms with Crippen LogP contribution in [0.5, 0.6) is 0 Å². The van der Waals surface area contributed by atoms with E-state index in [-0.39, 0.29) is 17.1 Å². The van der Waals surface area contributed by atoms with Crippen LogP contribution in [-0.4, -0.2) is 25.1 Å². The van der Waals surface area contributed by atoms with Crippen molar-refractivity contribution in [2.24, 2.45) is 0 Å². The maximum Gasteiger partial charge on any atom is 0.300 e. The molecule has 0 saturated heterocycles. The van der Waals surface area contributed by atoms with Crippen LogP contribution in [0, 0.1) is 13.8 Å². The zero-order chi connectivity index (χ0) is 21.1. The minimum atomic E-state index is -0.226. The zero-order valence-corrected chi connectivity index (χ0v) is 17.0. The van der Waals surface area contributed by atoms with Crippen LogP contribution >= 0.6 is 0 Å². The lowest BCUT2D eigenvalue weighted by molar-refractivity contribution is -0.121. The SMILES string of the molecule is Cc1ccc(-n2ccn3c(CCCC(=O)NCc4ccco4)nnc3c2=O)cc1C. The molecule has 4 rings (SSSR count). The van der Waals surface area contributed by atoms with Gasteiger partial charge in [-0.3, -0.25) is 18.6 Å². The number of carbonyl (C=O) groups excluding carboxylic acids is 1. The van der Waals surface area contributed by atoms with E-state index in [1.807, 2.05) is 38.1 Å². The minimum absolute atomic E-state index is 0.0580. The molecule has 8 heteroatoms. The first-order valence-corrected chi connectivity index (χ1v) is 9.85. The summed E-state index contributed by atoms with van der Waals surface area (Å²) in [5.41, 5.74) is 3.13. The third kappa shape index (κ3) is 4.03. The highest BCUT2D eigenvalue weighted by Crippen LogP contribution is 2.13. The van der Waals surface area contributed by atoms with E-state index in [0.29, 0.717) is 37.4 Å². The second-order valence-corrected chi connectivity index (χ2v) is 7.26. The maximum atomic E-state index is 12.9. The molecule has 1 N–H and O–H groups in total. The van der Waals surface area contributed by atoms with Crippen molar-refractivity contribution >= 4 is 11.6 Å². The third-order valence-electron chi connectivity index (χ3n) is 5.15. The number of amides is 1. The molecule has 1 aromatic carbocycles. The van der Waals surface area contributed by atoms with Crippen LogP contribution in [0.3, 0.4) is 0 Å². The fourth-order valence-electron chi connectivity index (χ4n) is 3.28. The molecule has 0 atom stereocenters. The number of hydrogen-bond donors (Lipinski definition) is 1. The van der Waals surface area contributed by atoms with Gasteiger partial charge in [0.1, 0.15) is 11.6 Å². The quantitative estimate of drug-likeness (QED) is 0.510. The summed E-state index contributed by atoms with van der Waals surface area (Å²) in [6.45, 7) is 4.42. The van der Waals surface area contributed by atoms with Gasteiger partial charge < -0.3 is 9.73 Å². The van der Waals surface area contributed by atoms with Gasteiger partial charge in [-0.25, -0.2) is 0 Å². The highest BCUT2D eigenvalue weighted by molar-refractivity contribution is 5.75. The first-order chi connectivity index (χ1) is 14.5. The van der Waals surface area contributed by atoms with Gasteiger partial charge >= 0.3 is 5.56 Å². The van der Waals surface area contributed by atoms with Crippen LogP contribution in [-0.2, 0) is 17.8 Å². The summed E-state index contributed by atoms with van der Waals surface area (Å²) in [5.74, 6) is 1.32. The Morgan fingerprint density at radius 3 is 2.77 bits per heavy atom. The van der Waals surface area contributed by atoms with Gasteiger partial charge in [0.25, 0.3) is 0 Å². The van der Waals surface area contributed by atoms with Gasteiger partial charge in [-0.05, 0) is 55.7 Å². The Morgan fingerprint density at radius 2 is 2.00 bits per heavy atom. The Kier molecular flexibility index (Phi) is 5.47. The largest absolute Gasteiger partial charge is 0.467 e. The normalized spacial score (nSPS) is 11.1. The van der Waals surface area contributed by atoms with Crippen molar-refractivity contribution in [3.05, 3.63) is 82.1 Å². The Labute approximate surface area is 173 Å². The average Bonchev–Trinajstić information content (AvgIpc) is 3.39. The molecule has 4 aromatic rings. The van der Waals surface area contributed by atoms with Crippen molar-refractivity contribution in [2.45, 2.75) is 39.7 Å². The van der Waals surface area contributed by atoms with Crippen LogP contribution in [0.2, 0.25) is 0 Å². The van der Waals surface area contributed by atoms with E-state index in [4.69, 9.17) is 4.42 Å². The first kappa shape index (κ1) is 19.6. The van der Waals surface area contributed by atoms with Crippen LogP contribution in [0.1, 0.15) is 35.6 Å². The van der Waals surface area contributed by atoms with E-state index in [0.717, 1.165) is 11.3 Å². The second-order valence-electron chi connectivity index (χ2n) is 7.26. The summed E-state index contributed by atoms with van der Waals surface area (Å²) in [6, 6.07) is 9.48. The molecule has 3 aromatic heterocycles. The fraction of sp³-hybridized carbons (Fsp3) is 0.273. The van der Waals surface area contributed by atoms with Crippen molar-refractivity contribution in [3.63, 3.8) is 0 Å². The molecule has 0 bridgehead atoms. The minimum Gasteiger partial charge on any atom is -0.467 e. The molecule has 0 fully saturated rings. The molecule has 0 aliphatic carbocycles. The van der Waals surface area contributed by atoms with Gasteiger partial charge in [0.05, 0.1) is 12.8 Å². The lowest BCUT2D eigenvalue weighted by Gasteiger charge is -2.09. The van der Waals surface area contributed by atoms with E-state index in [1.165, 1.54) is 5.56 Å². The highest BCUT2D eigenvalue weighted by Gasteiger charge is 2.12. The van der Waals surface area contributed by atoms with E-state index < -0.39 is 0 Å². The van der Waals surface area contributed by atoms with Crippen LogP contribution in [0.15, 0.2) is 58.2 Å². The Hall–Kier alpha value is -3.68. The van der Waals surface area contributed by atoms with Crippen molar-refractivity contribution in [1.82, 2.24) is 24.5 Å². The highest BCUT2D eigenvalue weighted by atomic mass is 16.3. The van der Waals surface area contributed by atoms with Gasteiger partial charge in [0.15, 0.2) is 0 Å². The molecule has 0 aliphatic rings. The molecular weight excluding hydrogens is 382 g/mol. The lowest BCUT2D eigenvalue weighted by Crippen LogP contribution is -2.22. The average molecular weight is 405 g/mol. The fourth-order valence-corrected chi connectivity index (χ4v) is 3.28. The van der Waals surface area contributed by atoms with Crippen molar-refractivity contribution in [1.29, 1.82) is 0 Å². The van der Waals surface area contributed by atoms with Crippen molar-refractivity contribution in [2.75, 3.05) is 0 Å². The predicted octanol–water partition coefficient (Wildman–Crippen LogP) is 2.73. The number of furan rings is 1. The molecule has 0 spiro atoms. The number of aromatic nitrogens is 4. The smallest absolute Gasteiger partial charge is 0.300 e. The molecule has 0 unspecified atom stereocenters. The number of carbonyl (C=O) groups is 1. The lowest BCUT2D eigenvalue weighted by atomic mass is 10.1. The summed E-state index contributed by atoms with van der Waals surface area (Å²) >= 11 is 0. The number of nitrogens with one attached hydrogen (secondary N) is 1. The Balaban J connectivity index is 1.43. The van der Waals surface area contributed by atoms with Crippen LogP contribution < -0.4 is 10.9 Å². The van der Waals surface area contributed by atoms with Crippen LogP contribution in [0.4, 0.5) is 0 Å². The summed E-state index contributed by atoms with van der Waals surface area (Å²) < 4.78 is 8.46. The number of nitrogens with zero attached hydrogens (tertiary/aromatic N) is 4. The summed E-state index contributed by atoms with van der Waals surface area (Å²) in [4.78, 5) is 24.9. The third-order valence-corrected chi connectivity index (χ3v) is 5.15. The molecular formula is C22H23N5O3. The Bertz CT molecular complexity index is 1240. The standard InChI is InChI=1S/C22H23N5O3/c1-15-8-9-17(13-16(15)2)26-10-11-27-19(24-25-21(27)22(26)29)6-3-7-20(28)23-14-18-5-4-12-30-18/h4-5,8-13H,3,6-7,14H2,1-2H3,(H,23,28). The second kappa shape index (κ2) is 8.36. The van der Waals surface area contributed by atoms with E-state index in [1.54, 1.807) is 33.7 Å². The van der Waals surface area contributed by atoms with E-state index >= 15 is 0 Å². The van der Waals surface area contributed by atoms with Gasteiger partial charge in [0.2, 0.25) is 11.6 Å². The zero-order valence-electron chi connectivity index (χ0n) is 17.0. The number of rotatable bonds is 7. The molecule has 30 heavy (non-hydrogen) atoms. The summed E-state index contributed by atoms with van der Waals surface area (Å²) in [6.07, 6.45) is 6.59. The molecule has 0 saturated carbocycles. The summed E-state index contributed by atoms with van der Waals surface area (Å²) in [5, 5.41) is 11.1.